The molecule has 0 saturated carbocycles. The molecule has 3 heteroatoms. The molecule has 29 heavy (non-hydrogen) atoms. The van der Waals surface area contributed by atoms with Crippen molar-refractivity contribution in [3.63, 3.8) is 0 Å². The van der Waals surface area contributed by atoms with Crippen LogP contribution in [0.15, 0.2) is 36.0 Å². The van der Waals surface area contributed by atoms with Crippen molar-refractivity contribution >= 4 is 12.5 Å². The second-order valence-electron chi connectivity index (χ2n) is 9.53. The van der Waals surface area contributed by atoms with Crippen LogP contribution in [0, 0.1) is 17.3 Å². The number of carbonyl (C=O) groups is 1. The van der Waals surface area contributed by atoms with Crippen LogP contribution >= 0.6 is 0 Å². The smallest absolute Gasteiger partial charge is 0.148 e. The summed E-state index contributed by atoms with van der Waals surface area (Å²) in [4.78, 5) is 12.2. The van der Waals surface area contributed by atoms with Crippen LogP contribution in [0.2, 0.25) is 0 Å². The van der Waals surface area contributed by atoms with E-state index >= 15 is 0 Å². The maximum Gasteiger partial charge on any atom is 0.148 e. The van der Waals surface area contributed by atoms with Crippen molar-refractivity contribution in [3.05, 3.63) is 36.0 Å². The number of rotatable bonds is 1. The van der Waals surface area contributed by atoms with Crippen molar-refractivity contribution in [3.8, 4) is 0 Å². The Labute approximate surface area is 177 Å². The molecule has 4 rings (SSSR count). The minimum Gasteiger partial charge on any atom is -0.309 e. The van der Waals surface area contributed by atoms with E-state index in [-0.39, 0.29) is 11.3 Å². The largest absolute Gasteiger partial charge is 0.309 e. The molecular formula is C26H39N2O+. The fraction of sp³-hybridized carbons (Fsp3) is 0.692. The van der Waals surface area contributed by atoms with Crippen LogP contribution in [0.1, 0.15) is 70.6 Å². The Kier molecular flexibility index (Phi) is 7.18. The van der Waals surface area contributed by atoms with Gasteiger partial charge in [0.25, 0.3) is 0 Å². The highest BCUT2D eigenvalue weighted by Crippen LogP contribution is 2.50. The number of nitrogens with one attached hydrogen (secondary N) is 1. The lowest BCUT2D eigenvalue weighted by molar-refractivity contribution is -0.536. The van der Waals surface area contributed by atoms with Crippen LogP contribution in [0.3, 0.4) is 0 Å². The van der Waals surface area contributed by atoms with Gasteiger partial charge < -0.3 is 10.1 Å². The summed E-state index contributed by atoms with van der Waals surface area (Å²) in [7, 11) is 0. The highest BCUT2D eigenvalue weighted by Gasteiger charge is 2.54. The topological polar surface area (TPSA) is 32.1 Å². The third-order valence-electron chi connectivity index (χ3n) is 7.67. The molecule has 0 radical (unpaired) electrons. The van der Waals surface area contributed by atoms with E-state index in [1.54, 1.807) is 0 Å². The van der Waals surface area contributed by atoms with E-state index in [9.17, 15) is 4.79 Å². The Bertz CT molecular complexity index is 689. The van der Waals surface area contributed by atoms with Crippen LogP contribution in [0.4, 0.5) is 0 Å². The molecule has 158 valence electrons. The van der Waals surface area contributed by atoms with Crippen molar-refractivity contribution < 1.29 is 9.37 Å². The zero-order chi connectivity index (χ0) is 19.9. The van der Waals surface area contributed by atoms with E-state index < -0.39 is 0 Å². The molecule has 3 heterocycles. The number of nitrogens with zero attached hydrogens (tertiary/aromatic N) is 1. The first kappa shape index (κ1) is 20.8. The average molecular weight is 396 g/mol. The quantitative estimate of drug-likeness (QED) is 0.392. The summed E-state index contributed by atoms with van der Waals surface area (Å²) in [5, 5.41) is 4.01. The van der Waals surface area contributed by atoms with Crippen LogP contribution in [-0.2, 0) is 4.79 Å². The number of hydrogen-bond acceptors (Lipinski definition) is 2. The van der Waals surface area contributed by atoms with Crippen molar-refractivity contribution in [2.24, 2.45) is 17.3 Å². The number of hydrogen-bond donors (Lipinski definition) is 1. The van der Waals surface area contributed by atoms with Gasteiger partial charge in [0.15, 0.2) is 0 Å². The van der Waals surface area contributed by atoms with Crippen molar-refractivity contribution in [2.75, 3.05) is 19.6 Å². The predicted molar refractivity (Wildman–Crippen MR) is 120 cm³/mol. The second kappa shape index (κ2) is 10.0. The lowest BCUT2D eigenvalue weighted by Crippen LogP contribution is -2.59. The Hall–Kier alpha value is -1.48. The Morgan fingerprint density at radius 3 is 2.62 bits per heavy atom. The molecule has 1 N–H and O–H groups in total. The third-order valence-corrected chi connectivity index (χ3v) is 7.67. The van der Waals surface area contributed by atoms with E-state index in [0.29, 0.717) is 12.0 Å². The van der Waals surface area contributed by atoms with Gasteiger partial charge in [0, 0.05) is 24.8 Å². The molecule has 0 aromatic rings. The van der Waals surface area contributed by atoms with Gasteiger partial charge in [-0.05, 0) is 70.3 Å². The molecule has 0 fully saturated rings. The Morgan fingerprint density at radius 1 is 0.966 bits per heavy atom. The lowest BCUT2D eigenvalue weighted by Gasteiger charge is -2.50. The van der Waals surface area contributed by atoms with Crippen LogP contribution < -0.4 is 5.32 Å². The SMILES string of the molecule is O=C[C@@H]1C=C2CC/C=C\CCCC[N+]3=C[C@@]4(CC/C=C\CCCCN[C@@H]24)[C@H]1CC3. The summed E-state index contributed by atoms with van der Waals surface area (Å²) in [6.45, 7) is 3.35. The van der Waals surface area contributed by atoms with E-state index in [1.807, 2.05) is 0 Å². The minimum absolute atomic E-state index is 0.0698. The van der Waals surface area contributed by atoms with Crippen LogP contribution in [-0.4, -0.2) is 42.8 Å². The van der Waals surface area contributed by atoms with E-state index in [0.717, 1.165) is 51.7 Å². The summed E-state index contributed by atoms with van der Waals surface area (Å²) >= 11 is 0. The molecule has 1 aliphatic carbocycles. The van der Waals surface area contributed by atoms with Gasteiger partial charge in [-0.2, -0.15) is 0 Å². The molecule has 3 nitrogen and oxygen atoms in total. The summed E-state index contributed by atoms with van der Waals surface area (Å²) < 4.78 is 2.61. The fourth-order valence-corrected chi connectivity index (χ4v) is 6.24. The highest BCUT2D eigenvalue weighted by molar-refractivity contribution is 5.70. The normalized spacial score (nSPS) is 38.6. The van der Waals surface area contributed by atoms with Gasteiger partial charge in [0.05, 0.1) is 5.41 Å². The van der Waals surface area contributed by atoms with Crippen molar-refractivity contribution in [1.29, 1.82) is 0 Å². The van der Waals surface area contributed by atoms with Gasteiger partial charge in [0.2, 0.25) is 0 Å². The van der Waals surface area contributed by atoms with E-state index in [4.69, 9.17) is 0 Å². The number of carbonyl (C=O) groups excluding carboxylic acids is 1. The predicted octanol–water partition coefficient (Wildman–Crippen LogP) is 4.83. The molecule has 3 aliphatic heterocycles. The first-order chi connectivity index (χ1) is 14.3. The molecule has 0 aromatic carbocycles. The molecule has 0 unspecified atom stereocenters. The van der Waals surface area contributed by atoms with Crippen LogP contribution in [0.25, 0.3) is 0 Å². The van der Waals surface area contributed by atoms with E-state index in [2.05, 4.69) is 46.5 Å². The number of allylic oxidation sites excluding steroid dienone is 5. The molecule has 0 saturated heterocycles. The molecule has 1 spiro atoms. The summed E-state index contributed by atoms with van der Waals surface area (Å²) in [6.07, 6.45) is 28.8. The Morgan fingerprint density at radius 2 is 1.76 bits per heavy atom. The zero-order valence-electron chi connectivity index (χ0n) is 18.0. The maximum atomic E-state index is 12.2. The summed E-state index contributed by atoms with van der Waals surface area (Å²) in [5.74, 6) is 0.511. The van der Waals surface area contributed by atoms with Gasteiger partial charge in [-0.1, -0.05) is 36.0 Å². The van der Waals surface area contributed by atoms with E-state index in [1.165, 1.54) is 50.4 Å². The van der Waals surface area contributed by atoms with Gasteiger partial charge in [0.1, 0.15) is 25.6 Å². The number of aldehydes is 1. The Balaban J connectivity index is 1.79. The molecule has 4 atom stereocenters. The monoisotopic (exact) mass is 395 g/mol. The zero-order valence-corrected chi connectivity index (χ0v) is 18.0. The third kappa shape index (κ3) is 4.66. The highest BCUT2D eigenvalue weighted by atomic mass is 16.1. The first-order valence-corrected chi connectivity index (χ1v) is 12.1. The fourth-order valence-electron chi connectivity index (χ4n) is 6.24. The molecule has 0 amide bonds. The van der Waals surface area contributed by atoms with Gasteiger partial charge >= 0.3 is 0 Å². The second-order valence-corrected chi connectivity index (χ2v) is 9.53. The molecule has 0 aromatic heterocycles. The van der Waals surface area contributed by atoms with Gasteiger partial charge in [-0.15, -0.1) is 0 Å². The summed E-state index contributed by atoms with van der Waals surface area (Å²) in [6, 6.07) is 0.382. The van der Waals surface area contributed by atoms with Gasteiger partial charge in [-0.3, -0.25) is 0 Å². The first-order valence-electron chi connectivity index (χ1n) is 12.1. The minimum atomic E-state index is 0.0698. The summed E-state index contributed by atoms with van der Waals surface area (Å²) in [5.41, 5.74) is 1.56. The van der Waals surface area contributed by atoms with Gasteiger partial charge in [-0.25, -0.2) is 4.58 Å². The standard InChI is InChI=1S/C26H39N2O/c29-20-23-19-22-13-9-5-1-4-8-12-17-28-18-14-24(23)26(21-28)15-10-6-2-3-7-11-16-27-25(22)26/h1-2,5-6,19-21,23-25,27H,3-4,7-18H2/q+1/b5-1-,6-2-/t23-,24-,25-,26-/m0/s1. The maximum absolute atomic E-state index is 12.2. The molecular weight excluding hydrogens is 356 g/mol. The van der Waals surface area contributed by atoms with Crippen LogP contribution in [0.5, 0.6) is 0 Å². The lowest BCUT2D eigenvalue weighted by atomic mass is 9.56. The molecule has 4 aliphatic rings. The average Bonchev–Trinajstić information content (AvgIpc) is 2.78. The van der Waals surface area contributed by atoms with Crippen molar-refractivity contribution in [2.45, 2.75) is 76.7 Å². The molecule has 3 bridgehead atoms. The van der Waals surface area contributed by atoms with Crippen molar-refractivity contribution in [1.82, 2.24) is 5.32 Å².